The summed E-state index contributed by atoms with van der Waals surface area (Å²) in [6, 6.07) is 10.1. The second kappa shape index (κ2) is 5.54. The molecule has 0 spiro atoms. The van der Waals surface area contributed by atoms with E-state index >= 15 is 0 Å². The van der Waals surface area contributed by atoms with Gasteiger partial charge in [0.15, 0.2) is 0 Å². The van der Waals surface area contributed by atoms with E-state index in [1.54, 1.807) is 0 Å². The molecule has 0 aliphatic heterocycles. The molecule has 0 unspecified atom stereocenters. The van der Waals surface area contributed by atoms with Gasteiger partial charge in [-0.15, -0.1) is 0 Å². The third-order valence-corrected chi connectivity index (χ3v) is 2.87. The molecule has 1 aromatic heterocycles. The molecular weight excluding hydrogens is 224 g/mol. The third-order valence-electron chi connectivity index (χ3n) is 2.87. The molecular formula is C15H18N2O. The number of nitrogens with one attached hydrogen (secondary N) is 1. The first-order valence-electron chi connectivity index (χ1n) is 6.06. The molecule has 1 N–H and O–H groups in total. The van der Waals surface area contributed by atoms with Crippen LogP contribution in [0.15, 0.2) is 42.7 Å². The second-order valence-electron chi connectivity index (χ2n) is 4.62. The van der Waals surface area contributed by atoms with E-state index in [1.165, 1.54) is 5.56 Å². The number of nitrogens with zero attached hydrogens (tertiary/aromatic N) is 1. The molecule has 0 radical (unpaired) electrons. The Bertz CT molecular complexity index is 526. The SMILES string of the molecule is Cc1ccc(CC(=O)NCc2ccn(C)c2)cc1. The highest BCUT2D eigenvalue weighted by atomic mass is 16.1. The minimum absolute atomic E-state index is 0.0581. The summed E-state index contributed by atoms with van der Waals surface area (Å²) < 4.78 is 1.97. The van der Waals surface area contributed by atoms with Crippen molar-refractivity contribution >= 4 is 5.91 Å². The fraction of sp³-hybridized carbons (Fsp3) is 0.267. The number of carbonyl (C=O) groups excluding carboxylic acids is 1. The molecule has 3 heteroatoms. The van der Waals surface area contributed by atoms with Gasteiger partial charge in [0.2, 0.25) is 5.91 Å². The van der Waals surface area contributed by atoms with Crippen molar-refractivity contribution in [2.45, 2.75) is 19.9 Å². The molecule has 0 fully saturated rings. The lowest BCUT2D eigenvalue weighted by atomic mass is 10.1. The fourth-order valence-corrected chi connectivity index (χ4v) is 1.82. The number of aromatic nitrogens is 1. The molecule has 2 rings (SSSR count). The van der Waals surface area contributed by atoms with Gasteiger partial charge in [0.05, 0.1) is 6.42 Å². The number of aryl methyl sites for hydroxylation is 2. The zero-order valence-electron chi connectivity index (χ0n) is 10.8. The molecule has 3 nitrogen and oxygen atoms in total. The summed E-state index contributed by atoms with van der Waals surface area (Å²) in [5.74, 6) is 0.0581. The van der Waals surface area contributed by atoms with Crippen LogP contribution in [0.1, 0.15) is 16.7 Å². The Morgan fingerprint density at radius 3 is 2.50 bits per heavy atom. The first-order valence-corrected chi connectivity index (χ1v) is 6.06. The number of hydrogen-bond acceptors (Lipinski definition) is 1. The minimum Gasteiger partial charge on any atom is -0.357 e. The average molecular weight is 242 g/mol. The molecule has 2 aromatic rings. The van der Waals surface area contributed by atoms with Crippen LogP contribution in [-0.4, -0.2) is 10.5 Å². The average Bonchev–Trinajstić information content (AvgIpc) is 2.76. The molecule has 0 atom stereocenters. The summed E-state index contributed by atoms with van der Waals surface area (Å²) in [6.45, 7) is 2.63. The molecule has 1 heterocycles. The van der Waals surface area contributed by atoms with Gasteiger partial charge in [0.1, 0.15) is 0 Å². The Morgan fingerprint density at radius 2 is 1.89 bits per heavy atom. The summed E-state index contributed by atoms with van der Waals surface area (Å²) in [5.41, 5.74) is 3.38. The van der Waals surface area contributed by atoms with Crippen molar-refractivity contribution in [3.05, 3.63) is 59.4 Å². The van der Waals surface area contributed by atoms with Gasteiger partial charge in [-0.25, -0.2) is 0 Å². The lowest BCUT2D eigenvalue weighted by Crippen LogP contribution is -2.24. The maximum absolute atomic E-state index is 11.8. The van der Waals surface area contributed by atoms with Crippen molar-refractivity contribution in [3.8, 4) is 0 Å². The molecule has 0 saturated carbocycles. The Hall–Kier alpha value is -2.03. The molecule has 18 heavy (non-hydrogen) atoms. The topological polar surface area (TPSA) is 34.0 Å². The standard InChI is InChI=1S/C15H18N2O/c1-12-3-5-13(6-4-12)9-15(18)16-10-14-7-8-17(2)11-14/h3-8,11H,9-10H2,1-2H3,(H,16,18). The quantitative estimate of drug-likeness (QED) is 0.876. The highest BCUT2D eigenvalue weighted by Crippen LogP contribution is 2.04. The van der Waals surface area contributed by atoms with E-state index in [0.717, 1.165) is 11.1 Å². The van der Waals surface area contributed by atoms with Crippen LogP contribution in [0.4, 0.5) is 0 Å². The highest BCUT2D eigenvalue weighted by Gasteiger charge is 2.03. The van der Waals surface area contributed by atoms with E-state index in [9.17, 15) is 4.79 Å². The predicted molar refractivity (Wildman–Crippen MR) is 72.1 cm³/mol. The second-order valence-corrected chi connectivity index (χ2v) is 4.62. The molecule has 94 valence electrons. The Morgan fingerprint density at radius 1 is 1.17 bits per heavy atom. The van der Waals surface area contributed by atoms with Crippen LogP contribution in [-0.2, 0) is 24.8 Å². The van der Waals surface area contributed by atoms with E-state index in [4.69, 9.17) is 0 Å². The molecule has 0 aliphatic carbocycles. The zero-order valence-corrected chi connectivity index (χ0v) is 10.8. The summed E-state index contributed by atoms with van der Waals surface area (Å²) in [7, 11) is 1.97. The van der Waals surface area contributed by atoms with Gasteiger partial charge in [-0.2, -0.15) is 0 Å². The zero-order chi connectivity index (χ0) is 13.0. The van der Waals surface area contributed by atoms with Gasteiger partial charge < -0.3 is 9.88 Å². The van der Waals surface area contributed by atoms with Crippen LogP contribution >= 0.6 is 0 Å². The minimum atomic E-state index is 0.0581. The van der Waals surface area contributed by atoms with E-state index in [0.29, 0.717) is 13.0 Å². The summed E-state index contributed by atoms with van der Waals surface area (Å²) in [4.78, 5) is 11.8. The van der Waals surface area contributed by atoms with Gasteiger partial charge in [-0.1, -0.05) is 29.8 Å². The van der Waals surface area contributed by atoms with E-state index < -0.39 is 0 Å². The highest BCUT2D eigenvalue weighted by molar-refractivity contribution is 5.78. The van der Waals surface area contributed by atoms with Crippen LogP contribution in [0.25, 0.3) is 0 Å². The monoisotopic (exact) mass is 242 g/mol. The Kier molecular flexibility index (Phi) is 3.82. The number of rotatable bonds is 4. The van der Waals surface area contributed by atoms with Gasteiger partial charge >= 0.3 is 0 Å². The summed E-state index contributed by atoms with van der Waals surface area (Å²) in [5, 5.41) is 2.92. The third kappa shape index (κ3) is 3.48. The Balaban J connectivity index is 1.83. The summed E-state index contributed by atoms with van der Waals surface area (Å²) in [6.07, 6.45) is 4.42. The summed E-state index contributed by atoms with van der Waals surface area (Å²) >= 11 is 0. The van der Waals surface area contributed by atoms with Gasteiger partial charge in [-0.3, -0.25) is 4.79 Å². The number of hydrogen-bond donors (Lipinski definition) is 1. The number of benzene rings is 1. The van der Waals surface area contributed by atoms with E-state index in [1.807, 2.05) is 61.3 Å². The van der Waals surface area contributed by atoms with E-state index in [2.05, 4.69) is 5.32 Å². The molecule has 0 saturated heterocycles. The van der Waals surface area contributed by atoms with Crippen LogP contribution in [0.2, 0.25) is 0 Å². The lowest BCUT2D eigenvalue weighted by Gasteiger charge is -2.04. The normalized spacial score (nSPS) is 10.3. The molecule has 0 aliphatic rings. The van der Waals surface area contributed by atoms with Crippen molar-refractivity contribution in [2.24, 2.45) is 7.05 Å². The van der Waals surface area contributed by atoms with Crippen LogP contribution in [0.5, 0.6) is 0 Å². The Labute approximate surface area is 107 Å². The fourth-order valence-electron chi connectivity index (χ4n) is 1.82. The van der Waals surface area contributed by atoms with Crippen LogP contribution in [0, 0.1) is 6.92 Å². The largest absolute Gasteiger partial charge is 0.357 e. The lowest BCUT2D eigenvalue weighted by molar-refractivity contribution is -0.120. The van der Waals surface area contributed by atoms with Crippen molar-refractivity contribution < 1.29 is 4.79 Å². The maximum Gasteiger partial charge on any atom is 0.224 e. The van der Waals surface area contributed by atoms with Crippen LogP contribution < -0.4 is 5.32 Å². The van der Waals surface area contributed by atoms with Crippen molar-refractivity contribution in [2.75, 3.05) is 0 Å². The molecule has 1 aromatic carbocycles. The van der Waals surface area contributed by atoms with Gasteiger partial charge in [0.25, 0.3) is 0 Å². The van der Waals surface area contributed by atoms with Gasteiger partial charge in [0, 0.05) is 26.0 Å². The van der Waals surface area contributed by atoms with Crippen molar-refractivity contribution in [1.82, 2.24) is 9.88 Å². The number of amides is 1. The first-order chi connectivity index (χ1) is 8.63. The van der Waals surface area contributed by atoms with Crippen molar-refractivity contribution in [1.29, 1.82) is 0 Å². The van der Waals surface area contributed by atoms with Gasteiger partial charge in [-0.05, 0) is 24.1 Å². The smallest absolute Gasteiger partial charge is 0.224 e. The molecule has 1 amide bonds. The number of carbonyl (C=O) groups is 1. The van der Waals surface area contributed by atoms with E-state index in [-0.39, 0.29) is 5.91 Å². The first kappa shape index (κ1) is 12.4. The van der Waals surface area contributed by atoms with Crippen molar-refractivity contribution in [3.63, 3.8) is 0 Å². The predicted octanol–water partition coefficient (Wildman–Crippen LogP) is 2.19. The maximum atomic E-state index is 11.8. The van der Waals surface area contributed by atoms with Crippen LogP contribution in [0.3, 0.4) is 0 Å². The molecule has 0 bridgehead atoms.